The Morgan fingerprint density at radius 2 is 1.92 bits per heavy atom. The van der Waals surface area contributed by atoms with Gasteiger partial charge in [-0.2, -0.15) is 0 Å². The van der Waals surface area contributed by atoms with E-state index in [1.165, 1.54) is 24.5 Å². The number of piperazine rings is 1. The molecule has 206 valence electrons. The number of nitrogens with one attached hydrogen (secondary N) is 1. The second-order valence-corrected chi connectivity index (χ2v) is 11.6. The summed E-state index contributed by atoms with van der Waals surface area (Å²) in [6, 6.07) is 12.4. The first-order chi connectivity index (χ1) is 18.9. The zero-order chi connectivity index (χ0) is 27.2. The van der Waals surface area contributed by atoms with Crippen molar-refractivity contribution < 1.29 is 22.8 Å². The van der Waals surface area contributed by atoms with Gasteiger partial charge in [0.25, 0.3) is 15.9 Å². The van der Waals surface area contributed by atoms with E-state index in [4.69, 9.17) is 9.57 Å². The third-order valence-electron chi connectivity index (χ3n) is 6.86. The fraction of sp³-hybridized carbons (Fsp3) is 0.357. The van der Waals surface area contributed by atoms with E-state index in [0.29, 0.717) is 12.2 Å². The number of hydrogen-bond donors (Lipinski definition) is 1. The van der Waals surface area contributed by atoms with Crippen LogP contribution in [0.25, 0.3) is 17.2 Å². The summed E-state index contributed by atoms with van der Waals surface area (Å²) < 4.78 is 33.3. The van der Waals surface area contributed by atoms with Gasteiger partial charge in [0.05, 0.1) is 4.90 Å². The maximum absolute atomic E-state index is 13.4. The summed E-state index contributed by atoms with van der Waals surface area (Å²) in [5, 5.41) is 0. The smallest absolute Gasteiger partial charge is 0.267 e. The van der Waals surface area contributed by atoms with Gasteiger partial charge in [-0.1, -0.05) is 12.1 Å². The maximum atomic E-state index is 13.4. The van der Waals surface area contributed by atoms with Crippen LogP contribution >= 0.6 is 0 Å². The zero-order valence-electron chi connectivity index (χ0n) is 21.9. The van der Waals surface area contributed by atoms with Crippen molar-refractivity contribution in [2.24, 2.45) is 0 Å². The molecule has 3 aromatic rings. The lowest BCUT2D eigenvalue weighted by Gasteiger charge is -2.33. The van der Waals surface area contributed by atoms with E-state index in [1.54, 1.807) is 30.5 Å². The fourth-order valence-corrected chi connectivity index (χ4v) is 5.79. The SMILES string of the molecule is CN1CCN(c2cc(-c3cccc(S(=O)(=O)n4ccc(C=CC(=O)NOC5CCCCO5)c4)c3)ccn2)CC1. The number of hydroxylamine groups is 1. The normalized spacial score (nSPS) is 18.9. The molecule has 39 heavy (non-hydrogen) atoms. The predicted molar refractivity (Wildman–Crippen MR) is 148 cm³/mol. The Morgan fingerprint density at radius 1 is 1.10 bits per heavy atom. The summed E-state index contributed by atoms with van der Waals surface area (Å²) in [6.07, 6.45) is 9.77. The van der Waals surface area contributed by atoms with Gasteiger partial charge < -0.3 is 14.5 Å². The molecule has 1 amide bonds. The average molecular weight is 552 g/mol. The van der Waals surface area contributed by atoms with Crippen molar-refractivity contribution >= 4 is 27.8 Å². The summed E-state index contributed by atoms with van der Waals surface area (Å²) in [6.45, 7) is 4.36. The fourth-order valence-electron chi connectivity index (χ4n) is 4.54. The molecule has 5 rings (SSSR count). The topological polar surface area (TPSA) is 106 Å². The molecule has 0 bridgehead atoms. The van der Waals surface area contributed by atoms with E-state index in [-0.39, 0.29) is 4.90 Å². The number of carbonyl (C=O) groups excluding carboxylic acids is 1. The number of amides is 1. The number of nitrogens with zero attached hydrogens (tertiary/aromatic N) is 4. The summed E-state index contributed by atoms with van der Waals surface area (Å²) in [4.78, 5) is 26.6. The molecular formula is C28H33N5O5S. The van der Waals surface area contributed by atoms with Crippen molar-refractivity contribution in [1.29, 1.82) is 0 Å². The monoisotopic (exact) mass is 551 g/mol. The largest absolute Gasteiger partial charge is 0.354 e. The lowest BCUT2D eigenvalue weighted by atomic mass is 10.1. The molecule has 2 aromatic heterocycles. The van der Waals surface area contributed by atoms with E-state index in [0.717, 1.165) is 66.4 Å². The highest BCUT2D eigenvalue weighted by atomic mass is 32.2. The molecule has 0 spiro atoms. The van der Waals surface area contributed by atoms with Gasteiger partial charge in [-0.15, -0.1) is 0 Å². The van der Waals surface area contributed by atoms with Crippen molar-refractivity contribution in [3.63, 3.8) is 0 Å². The first kappa shape index (κ1) is 27.1. The second-order valence-electron chi connectivity index (χ2n) is 9.71. The molecule has 2 aliphatic rings. The molecular weight excluding hydrogens is 518 g/mol. The molecule has 0 saturated carbocycles. The first-order valence-electron chi connectivity index (χ1n) is 13.1. The Kier molecular flexibility index (Phi) is 8.41. The molecule has 2 saturated heterocycles. The van der Waals surface area contributed by atoms with Crippen molar-refractivity contribution in [2.75, 3.05) is 44.7 Å². The molecule has 10 nitrogen and oxygen atoms in total. The van der Waals surface area contributed by atoms with E-state index < -0.39 is 22.2 Å². The Morgan fingerprint density at radius 3 is 2.72 bits per heavy atom. The van der Waals surface area contributed by atoms with Crippen LogP contribution in [0.3, 0.4) is 0 Å². The van der Waals surface area contributed by atoms with Crippen LogP contribution < -0.4 is 10.4 Å². The standard InChI is InChI=1S/C28H33N5O5S/c1-31-14-16-32(17-15-31)26-20-24(10-12-29-26)23-5-4-6-25(19-23)39(35,36)33-13-11-22(21-33)8-9-27(34)30-38-28-7-2-3-18-37-28/h4-6,8-13,19-21,28H,2-3,7,14-18H2,1H3,(H,30,34). The number of rotatable bonds is 8. The summed E-state index contributed by atoms with van der Waals surface area (Å²) >= 11 is 0. The van der Waals surface area contributed by atoms with Crippen LogP contribution in [0.4, 0.5) is 5.82 Å². The van der Waals surface area contributed by atoms with Gasteiger partial charge in [0.1, 0.15) is 5.82 Å². The predicted octanol–water partition coefficient (Wildman–Crippen LogP) is 3.13. The van der Waals surface area contributed by atoms with Gasteiger partial charge in [0.2, 0.25) is 0 Å². The Balaban J connectivity index is 1.26. The van der Waals surface area contributed by atoms with Gasteiger partial charge in [-0.3, -0.25) is 4.79 Å². The van der Waals surface area contributed by atoms with Gasteiger partial charge in [0.15, 0.2) is 6.29 Å². The Hall–Kier alpha value is -3.51. The third kappa shape index (κ3) is 6.74. The lowest BCUT2D eigenvalue weighted by molar-refractivity contribution is -0.198. The van der Waals surface area contributed by atoms with E-state index in [1.807, 2.05) is 18.2 Å². The highest BCUT2D eigenvalue weighted by Gasteiger charge is 2.19. The minimum Gasteiger partial charge on any atom is -0.354 e. The molecule has 11 heteroatoms. The molecule has 1 atom stereocenters. The highest BCUT2D eigenvalue weighted by molar-refractivity contribution is 7.90. The molecule has 4 heterocycles. The second kappa shape index (κ2) is 12.1. The van der Waals surface area contributed by atoms with Crippen LogP contribution in [0.2, 0.25) is 0 Å². The highest BCUT2D eigenvalue weighted by Crippen LogP contribution is 2.27. The molecule has 2 aliphatic heterocycles. The van der Waals surface area contributed by atoms with Gasteiger partial charge in [-0.25, -0.2) is 27.7 Å². The Bertz CT molecular complexity index is 1420. The van der Waals surface area contributed by atoms with Crippen LogP contribution in [-0.4, -0.2) is 74.3 Å². The summed E-state index contributed by atoms with van der Waals surface area (Å²) in [5.74, 6) is 0.428. The maximum Gasteiger partial charge on any atom is 0.267 e. The Labute approximate surface area is 228 Å². The minimum atomic E-state index is -3.84. The van der Waals surface area contributed by atoms with Crippen molar-refractivity contribution in [3.05, 3.63) is 72.7 Å². The third-order valence-corrected chi connectivity index (χ3v) is 8.49. The number of aromatic nitrogens is 2. The van der Waals surface area contributed by atoms with E-state index >= 15 is 0 Å². The number of benzene rings is 1. The number of hydrogen-bond acceptors (Lipinski definition) is 8. The first-order valence-corrected chi connectivity index (χ1v) is 14.5. The van der Waals surface area contributed by atoms with Crippen LogP contribution in [-0.2, 0) is 24.4 Å². The van der Waals surface area contributed by atoms with E-state index in [9.17, 15) is 13.2 Å². The van der Waals surface area contributed by atoms with Crippen molar-refractivity contribution in [2.45, 2.75) is 30.4 Å². The average Bonchev–Trinajstić information content (AvgIpc) is 3.46. The molecule has 0 aliphatic carbocycles. The van der Waals surface area contributed by atoms with Crippen LogP contribution in [0.1, 0.15) is 24.8 Å². The van der Waals surface area contributed by atoms with Gasteiger partial charge >= 0.3 is 0 Å². The van der Waals surface area contributed by atoms with Crippen LogP contribution in [0.5, 0.6) is 0 Å². The van der Waals surface area contributed by atoms with Crippen molar-refractivity contribution in [3.8, 4) is 11.1 Å². The van der Waals surface area contributed by atoms with Crippen LogP contribution in [0, 0.1) is 0 Å². The molecule has 2 fully saturated rings. The zero-order valence-corrected chi connectivity index (χ0v) is 22.7. The summed E-state index contributed by atoms with van der Waals surface area (Å²) in [7, 11) is -1.73. The number of carbonyl (C=O) groups is 1. The number of likely N-dealkylation sites (N-methyl/N-ethyl adjacent to an activating group) is 1. The lowest BCUT2D eigenvalue weighted by Crippen LogP contribution is -2.44. The minimum absolute atomic E-state index is 0.169. The van der Waals surface area contributed by atoms with Gasteiger partial charge in [0, 0.05) is 63.9 Å². The number of anilines is 1. The van der Waals surface area contributed by atoms with Crippen molar-refractivity contribution in [1.82, 2.24) is 19.3 Å². The van der Waals surface area contributed by atoms with E-state index in [2.05, 4.69) is 27.3 Å². The molecule has 0 radical (unpaired) electrons. The number of ether oxygens (including phenoxy) is 1. The molecule has 1 unspecified atom stereocenters. The molecule has 1 N–H and O–H groups in total. The number of pyridine rings is 1. The summed E-state index contributed by atoms with van der Waals surface area (Å²) in [5.41, 5.74) is 4.60. The molecule has 1 aromatic carbocycles. The van der Waals surface area contributed by atoms with Crippen LogP contribution in [0.15, 0.2) is 72.0 Å². The quantitative estimate of drug-likeness (QED) is 0.336. The van der Waals surface area contributed by atoms with Gasteiger partial charge in [-0.05, 0) is 73.0 Å².